The Hall–Kier alpha value is -2.80. The fourth-order valence-corrected chi connectivity index (χ4v) is 2.09. The summed E-state index contributed by atoms with van der Waals surface area (Å²) in [5.41, 5.74) is 2.05. The van der Waals surface area contributed by atoms with E-state index in [1.807, 2.05) is 12.1 Å². The van der Waals surface area contributed by atoms with E-state index < -0.39 is 0 Å². The van der Waals surface area contributed by atoms with E-state index in [-0.39, 0.29) is 5.91 Å². The third-order valence-corrected chi connectivity index (χ3v) is 3.18. The van der Waals surface area contributed by atoms with E-state index in [2.05, 4.69) is 20.5 Å². The van der Waals surface area contributed by atoms with Gasteiger partial charge in [0.1, 0.15) is 0 Å². The first-order valence-electron chi connectivity index (χ1n) is 6.82. The molecule has 0 atom stereocenters. The van der Waals surface area contributed by atoms with Gasteiger partial charge in [-0.25, -0.2) is 0 Å². The van der Waals surface area contributed by atoms with Gasteiger partial charge in [0.2, 0.25) is 0 Å². The number of hydrogen-bond acceptors (Lipinski definition) is 5. The number of nitrogens with zero attached hydrogens (tertiary/aromatic N) is 4. The molecule has 0 radical (unpaired) electrons. The van der Waals surface area contributed by atoms with Crippen molar-refractivity contribution in [3.8, 4) is 11.4 Å². The summed E-state index contributed by atoms with van der Waals surface area (Å²) >= 11 is 0. The number of ether oxygens (including phenoxy) is 1. The fourth-order valence-electron chi connectivity index (χ4n) is 2.09. The Kier molecular flexibility index (Phi) is 4.06. The van der Waals surface area contributed by atoms with Gasteiger partial charge in [0, 0.05) is 37.8 Å². The van der Waals surface area contributed by atoms with Crippen molar-refractivity contribution in [2.45, 2.75) is 0 Å². The number of fused-ring (bicyclic) bond motifs is 1. The van der Waals surface area contributed by atoms with Gasteiger partial charge in [0.15, 0.2) is 11.5 Å². The molecule has 0 aromatic carbocycles. The lowest BCUT2D eigenvalue weighted by Gasteiger charge is -2.05. The van der Waals surface area contributed by atoms with Crippen LogP contribution in [0.15, 0.2) is 42.9 Å². The number of nitrogens with one attached hydrogen (secondary N) is 1. The van der Waals surface area contributed by atoms with Crippen molar-refractivity contribution in [2.75, 3.05) is 20.3 Å². The van der Waals surface area contributed by atoms with Crippen molar-refractivity contribution in [1.82, 2.24) is 24.9 Å². The van der Waals surface area contributed by atoms with Crippen LogP contribution in [0.4, 0.5) is 0 Å². The van der Waals surface area contributed by atoms with Crippen LogP contribution in [-0.4, -0.2) is 45.8 Å². The van der Waals surface area contributed by atoms with Crippen LogP contribution >= 0.6 is 0 Å². The molecule has 0 aliphatic heterocycles. The Balaban J connectivity index is 1.93. The van der Waals surface area contributed by atoms with Crippen LogP contribution < -0.4 is 5.32 Å². The molecule has 1 N–H and O–H groups in total. The Morgan fingerprint density at radius 2 is 2.23 bits per heavy atom. The zero-order valence-corrected chi connectivity index (χ0v) is 12.1. The molecule has 0 spiro atoms. The third kappa shape index (κ3) is 2.79. The van der Waals surface area contributed by atoms with Crippen molar-refractivity contribution < 1.29 is 9.53 Å². The molecule has 22 heavy (non-hydrogen) atoms. The van der Waals surface area contributed by atoms with E-state index in [0.717, 1.165) is 5.56 Å². The maximum atomic E-state index is 12.1. The van der Waals surface area contributed by atoms with E-state index in [9.17, 15) is 4.79 Å². The van der Waals surface area contributed by atoms with E-state index in [0.29, 0.717) is 30.2 Å². The average Bonchev–Trinajstić information content (AvgIpc) is 2.99. The van der Waals surface area contributed by atoms with Gasteiger partial charge >= 0.3 is 0 Å². The van der Waals surface area contributed by atoms with Gasteiger partial charge in [0.25, 0.3) is 5.91 Å². The van der Waals surface area contributed by atoms with E-state index >= 15 is 0 Å². The smallest absolute Gasteiger partial charge is 0.252 e. The minimum absolute atomic E-state index is 0.162. The second kappa shape index (κ2) is 6.31. The van der Waals surface area contributed by atoms with Crippen LogP contribution in [0.2, 0.25) is 0 Å². The lowest BCUT2D eigenvalue weighted by molar-refractivity contribution is 0.0936. The number of amides is 1. The van der Waals surface area contributed by atoms with Crippen LogP contribution in [0.3, 0.4) is 0 Å². The van der Waals surface area contributed by atoms with Crippen LogP contribution in [0.1, 0.15) is 10.4 Å². The third-order valence-electron chi connectivity index (χ3n) is 3.18. The summed E-state index contributed by atoms with van der Waals surface area (Å²) in [5, 5.41) is 11.1. The second-order valence-electron chi connectivity index (χ2n) is 4.66. The molecule has 7 nitrogen and oxygen atoms in total. The highest BCUT2D eigenvalue weighted by atomic mass is 16.5. The molecule has 3 aromatic rings. The van der Waals surface area contributed by atoms with Crippen molar-refractivity contribution in [1.29, 1.82) is 0 Å². The summed E-state index contributed by atoms with van der Waals surface area (Å²) in [6.45, 7) is 0.937. The maximum absolute atomic E-state index is 12.1. The molecule has 0 aliphatic carbocycles. The van der Waals surface area contributed by atoms with Gasteiger partial charge in [0.05, 0.1) is 12.2 Å². The van der Waals surface area contributed by atoms with Crippen molar-refractivity contribution in [3.63, 3.8) is 0 Å². The predicted octanol–water partition coefficient (Wildman–Crippen LogP) is 1.17. The SMILES string of the molecule is COCCNC(=O)c1ccc2nnc(-c3cccnc3)n2c1. The number of methoxy groups -OCH3 is 1. The Morgan fingerprint density at radius 3 is 3.00 bits per heavy atom. The second-order valence-corrected chi connectivity index (χ2v) is 4.66. The highest BCUT2D eigenvalue weighted by Gasteiger charge is 2.11. The van der Waals surface area contributed by atoms with Gasteiger partial charge in [-0.1, -0.05) is 0 Å². The van der Waals surface area contributed by atoms with E-state index in [1.165, 1.54) is 0 Å². The summed E-state index contributed by atoms with van der Waals surface area (Å²) in [4.78, 5) is 16.2. The number of hydrogen-bond donors (Lipinski definition) is 1. The molecule has 1 amide bonds. The first-order chi connectivity index (χ1) is 10.8. The number of rotatable bonds is 5. The first kappa shape index (κ1) is 14.2. The average molecular weight is 297 g/mol. The Bertz CT molecular complexity index is 785. The molecule has 0 fully saturated rings. The van der Waals surface area contributed by atoms with Crippen LogP contribution in [-0.2, 0) is 4.74 Å². The topological polar surface area (TPSA) is 81.4 Å². The lowest BCUT2D eigenvalue weighted by atomic mass is 10.2. The molecule has 112 valence electrons. The summed E-state index contributed by atoms with van der Waals surface area (Å²) in [5.74, 6) is 0.486. The van der Waals surface area contributed by atoms with Crippen molar-refractivity contribution in [2.24, 2.45) is 0 Å². The molecule has 0 aliphatic rings. The minimum Gasteiger partial charge on any atom is -0.383 e. The normalized spacial score (nSPS) is 10.8. The summed E-state index contributed by atoms with van der Waals surface area (Å²) in [6, 6.07) is 7.21. The molecule has 0 bridgehead atoms. The van der Waals surface area contributed by atoms with E-state index in [1.54, 1.807) is 42.2 Å². The molecule has 0 unspecified atom stereocenters. The number of carbonyl (C=O) groups excluding carboxylic acids is 1. The largest absolute Gasteiger partial charge is 0.383 e. The molecular weight excluding hydrogens is 282 g/mol. The molecular formula is C15H15N5O2. The monoisotopic (exact) mass is 297 g/mol. The van der Waals surface area contributed by atoms with Crippen LogP contribution in [0, 0.1) is 0 Å². The minimum atomic E-state index is -0.162. The van der Waals surface area contributed by atoms with Gasteiger partial charge < -0.3 is 10.1 Å². The predicted molar refractivity (Wildman–Crippen MR) is 80.4 cm³/mol. The summed E-state index contributed by atoms with van der Waals surface area (Å²) in [7, 11) is 1.59. The van der Waals surface area contributed by atoms with Gasteiger partial charge in [-0.15, -0.1) is 10.2 Å². The zero-order chi connectivity index (χ0) is 15.4. The highest BCUT2D eigenvalue weighted by molar-refractivity contribution is 5.94. The fraction of sp³-hybridized carbons (Fsp3) is 0.200. The lowest BCUT2D eigenvalue weighted by Crippen LogP contribution is -2.27. The van der Waals surface area contributed by atoms with E-state index in [4.69, 9.17) is 4.74 Å². The molecule has 3 rings (SSSR count). The quantitative estimate of drug-likeness (QED) is 0.715. The highest BCUT2D eigenvalue weighted by Crippen LogP contribution is 2.17. The van der Waals surface area contributed by atoms with Gasteiger partial charge in [-0.3, -0.25) is 14.2 Å². The van der Waals surface area contributed by atoms with Crippen LogP contribution in [0.25, 0.3) is 17.0 Å². The summed E-state index contributed by atoms with van der Waals surface area (Å²) in [6.07, 6.45) is 5.13. The van der Waals surface area contributed by atoms with Gasteiger partial charge in [-0.05, 0) is 24.3 Å². The molecule has 7 heteroatoms. The molecule has 0 saturated heterocycles. The standard InChI is InChI=1S/C15H15N5O2/c1-22-8-7-17-15(21)12-4-5-13-18-19-14(20(13)10-12)11-3-2-6-16-9-11/h2-6,9-10H,7-8H2,1H3,(H,17,21). The molecule has 3 aromatic heterocycles. The Morgan fingerprint density at radius 1 is 1.32 bits per heavy atom. The van der Waals surface area contributed by atoms with Crippen molar-refractivity contribution in [3.05, 3.63) is 48.4 Å². The Labute approximate surface area is 127 Å². The van der Waals surface area contributed by atoms with Gasteiger partial charge in [-0.2, -0.15) is 0 Å². The molecule has 0 saturated carbocycles. The summed E-state index contributed by atoms with van der Waals surface area (Å²) < 4.78 is 6.70. The van der Waals surface area contributed by atoms with Crippen molar-refractivity contribution >= 4 is 11.6 Å². The maximum Gasteiger partial charge on any atom is 0.252 e. The van der Waals surface area contributed by atoms with Crippen LogP contribution in [0.5, 0.6) is 0 Å². The number of carbonyl (C=O) groups is 1. The number of pyridine rings is 2. The first-order valence-corrected chi connectivity index (χ1v) is 6.82. The number of aromatic nitrogens is 4. The molecule has 3 heterocycles. The zero-order valence-electron chi connectivity index (χ0n) is 12.1.